The molecule has 0 aliphatic heterocycles. The van der Waals surface area contributed by atoms with Gasteiger partial charge in [0.25, 0.3) is 0 Å². The number of quaternary nitrogens is 1. The van der Waals surface area contributed by atoms with Crippen molar-refractivity contribution in [1.82, 2.24) is 0 Å². The Bertz CT molecular complexity index is 386. The van der Waals surface area contributed by atoms with E-state index >= 15 is 0 Å². The van der Waals surface area contributed by atoms with Crippen molar-refractivity contribution >= 4 is 11.9 Å². The van der Waals surface area contributed by atoms with E-state index in [1.54, 1.807) is 13.8 Å². The molecule has 0 radical (unpaired) electrons. The summed E-state index contributed by atoms with van der Waals surface area (Å²) in [4.78, 5) is 22.5. The standard InChI is InChI=1S/C18H33NO5/c1-4-5-6-7-8-9-10-19(11-12-20,13-15(2)17(21)22)14-16(3)18(23)24/h4-5,15-16,20H,6-14H2,1-3H3,(H-,21,22,23,24)/p+1/b5-4+. The number of allylic oxidation sites excluding steroid dienone is 2. The zero-order chi connectivity index (χ0) is 18.6. The smallest absolute Gasteiger partial charge is 0.311 e. The Morgan fingerprint density at radius 2 is 1.50 bits per heavy atom. The fraction of sp³-hybridized carbons (Fsp3) is 0.778. The van der Waals surface area contributed by atoms with Crippen molar-refractivity contribution in [1.29, 1.82) is 0 Å². The summed E-state index contributed by atoms with van der Waals surface area (Å²) in [5.74, 6) is -2.90. The maximum Gasteiger partial charge on any atom is 0.311 e. The Labute approximate surface area is 145 Å². The fourth-order valence-electron chi connectivity index (χ4n) is 3.13. The summed E-state index contributed by atoms with van der Waals surface area (Å²) in [6.45, 7) is 7.00. The number of aliphatic hydroxyl groups excluding tert-OH is 1. The summed E-state index contributed by atoms with van der Waals surface area (Å²) < 4.78 is 0.348. The summed E-state index contributed by atoms with van der Waals surface area (Å²) >= 11 is 0. The number of unbranched alkanes of at least 4 members (excludes halogenated alkanes) is 3. The lowest BCUT2D eigenvalue weighted by atomic mass is 10.0. The van der Waals surface area contributed by atoms with E-state index in [-0.39, 0.29) is 6.61 Å². The second kappa shape index (κ2) is 12.0. The van der Waals surface area contributed by atoms with Crippen LogP contribution in [0.3, 0.4) is 0 Å². The van der Waals surface area contributed by atoms with Crippen molar-refractivity contribution in [3.8, 4) is 0 Å². The normalized spacial score (nSPS) is 16.7. The van der Waals surface area contributed by atoms with Crippen LogP contribution in [-0.4, -0.2) is 64.5 Å². The van der Waals surface area contributed by atoms with Crippen LogP contribution in [0.5, 0.6) is 0 Å². The molecule has 0 aliphatic carbocycles. The van der Waals surface area contributed by atoms with Gasteiger partial charge in [-0.15, -0.1) is 0 Å². The quantitative estimate of drug-likeness (QED) is 0.255. The van der Waals surface area contributed by atoms with Gasteiger partial charge in [-0.2, -0.15) is 0 Å². The molecule has 0 aromatic rings. The first-order valence-corrected chi connectivity index (χ1v) is 8.80. The molecule has 0 aromatic carbocycles. The van der Waals surface area contributed by atoms with E-state index in [2.05, 4.69) is 6.08 Å². The third-order valence-electron chi connectivity index (χ3n) is 4.48. The highest BCUT2D eigenvalue weighted by atomic mass is 16.4. The molecule has 0 bridgehead atoms. The van der Waals surface area contributed by atoms with Crippen LogP contribution in [0.4, 0.5) is 0 Å². The number of aliphatic carboxylic acids is 2. The van der Waals surface area contributed by atoms with E-state index in [0.29, 0.717) is 30.7 Å². The monoisotopic (exact) mass is 344 g/mol. The van der Waals surface area contributed by atoms with Gasteiger partial charge in [-0.05, 0) is 46.5 Å². The molecule has 0 fully saturated rings. The number of hydrogen-bond donors (Lipinski definition) is 3. The van der Waals surface area contributed by atoms with Gasteiger partial charge in [-0.3, -0.25) is 9.59 Å². The zero-order valence-electron chi connectivity index (χ0n) is 15.3. The van der Waals surface area contributed by atoms with Crippen LogP contribution >= 0.6 is 0 Å². The third kappa shape index (κ3) is 9.03. The molecule has 3 N–H and O–H groups in total. The zero-order valence-corrected chi connectivity index (χ0v) is 15.3. The molecule has 0 saturated heterocycles. The molecule has 2 atom stereocenters. The van der Waals surface area contributed by atoms with E-state index < -0.39 is 23.8 Å². The number of aliphatic hydroxyl groups is 1. The average molecular weight is 344 g/mol. The first-order chi connectivity index (χ1) is 11.3. The Balaban J connectivity index is 4.96. The van der Waals surface area contributed by atoms with Crippen LogP contribution in [0.15, 0.2) is 12.2 Å². The predicted molar refractivity (Wildman–Crippen MR) is 93.7 cm³/mol. The SMILES string of the molecule is C/C=C/CCCCC[N+](CCO)(CC(C)C(=O)O)CC(C)C(=O)O. The van der Waals surface area contributed by atoms with Gasteiger partial charge in [0.2, 0.25) is 0 Å². The second-order valence-electron chi connectivity index (χ2n) is 6.77. The van der Waals surface area contributed by atoms with Gasteiger partial charge in [0.1, 0.15) is 18.4 Å². The summed E-state index contributed by atoms with van der Waals surface area (Å²) in [7, 11) is 0. The molecule has 2 unspecified atom stereocenters. The minimum Gasteiger partial charge on any atom is -0.481 e. The topological polar surface area (TPSA) is 94.8 Å². The van der Waals surface area contributed by atoms with Gasteiger partial charge in [-0.1, -0.05) is 12.2 Å². The molecular formula is C18H34NO5+. The van der Waals surface area contributed by atoms with Gasteiger partial charge in [0.05, 0.1) is 26.2 Å². The van der Waals surface area contributed by atoms with Gasteiger partial charge in [-0.25, -0.2) is 0 Å². The maximum absolute atomic E-state index is 11.3. The second-order valence-corrected chi connectivity index (χ2v) is 6.77. The Kier molecular flexibility index (Phi) is 11.3. The average Bonchev–Trinajstić information content (AvgIpc) is 2.50. The number of hydrogen-bond acceptors (Lipinski definition) is 3. The predicted octanol–water partition coefficient (Wildman–Crippen LogP) is 2.37. The largest absolute Gasteiger partial charge is 0.481 e. The number of rotatable bonds is 14. The van der Waals surface area contributed by atoms with E-state index in [0.717, 1.165) is 25.7 Å². The Morgan fingerprint density at radius 1 is 0.958 bits per heavy atom. The highest BCUT2D eigenvalue weighted by molar-refractivity contribution is 5.70. The number of nitrogens with zero attached hydrogens (tertiary/aromatic N) is 1. The van der Waals surface area contributed by atoms with E-state index in [9.17, 15) is 24.9 Å². The molecule has 0 rings (SSSR count). The van der Waals surface area contributed by atoms with Gasteiger partial charge >= 0.3 is 11.9 Å². The van der Waals surface area contributed by atoms with Crippen LogP contribution in [0.2, 0.25) is 0 Å². The van der Waals surface area contributed by atoms with Crippen molar-refractivity contribution in [2.75, 3.05) is 32.8 Å². The lowest BCUT2D eigenvalue weighted by molar-refractivity contribution is -0.932. The maximum atomic E-state index is 11.3. The Morgan fingerprint density at radius 3 is 1.92 bits per heavy atom. The number of carboxylic acids is 2. The minimum atomic E-state index is -0.883. The first-order valence-electron chi connectivity index (χ1n) is 8.80. The van der Waals surface area contributed by atoms with Gasteiger partial charge < -0.3 is 19.8 Å². The van der Waals surface area contributed by atoms with Gasteiger partial charge in [0.15, 0.2) is 0 Å². The van der Waals surface area contributed by atoms with Crippen LogP contribution in [0.1, 0.15) is 46.5 Å². The summed E-state index contributed by atoms with van der Waals surface area (Å²) in [6.07, 6.45) is 8.14. The van der Waals surface area contributed by atoms with Crippen molar-refractivity contribution in [2.24, 2.45) is 11.8 Å². The molecule has 0 spiro atoms. The summed E-state index contributed by atoms with van der Waals surface area (Å²) in [6, 6.07) is 0. The lowest BCUT2D eigenvalue weighted by Crippen LogP contribution is -2.56. The molecular weight excluding hydrogens is 310 g/mol. The minimum absolute atomic E-state index is 0.0722. The molecule has 0 amide bonds. The van der Waals surface area contributed by atoms with E-state index in [1.807, 2.05) is 13.0 Å². The van der Waals surface area contributed by atoms with Crippen molar-refractivity contribution in [3.05, 3.63) is 12.2 Å². The molecule has 24 heavy (non-hydrogen) atoms. The molecule has 0 aromatic heterocycles. The molecule has 0 aliphatic rings. The van der Waals surface area contributed by atoms with Crippen molar-refractivity contribution in [2.45, 2.75) is 46.5 Å². The first kappa shape index (κ1) is 22.6. The van der Waals surface area contributed by atoms with Crippen LogP contribution in [0.25, 0.3) is 0 Å². The van der Waals surface area contributed by atoms with Gasteiger partial charge in [0, 0.05) is 0 Å². The third-order valence-corrected chi connectivity index (χ3v) is 4.48. The molecule has 140 valence electrons. The summed E-state index contributed by atoms with van der Waals surface area (Å²) in [5, 5.41) is 27.9. The lowest BCUT2D eigenvalue weighted by Gasteiger charge is -2.40. The Hall–Kier alpha value is -1.40. The number of carbonyl (C=O) groups is 2. The molecule has 6 heteroatoms. The van der Waals surface area contributed by atoms with Crippen molar-refractivity contribution in [3.63, 3.8) is 0 Å². The van der Waals surface area contributed by atoms with Crippen molar-refractivity contribution < 1.29 is 29.4 Å². The fourth-order valence-corrected chi connectivity index (χ4v) is 3.13. The van der Waals surface area contributed by atoms with E-state index in [4.69, 9.17) is 0 Å². The molecule has 0 heterocycles. The van der Waals surface area contributed by atoms with Crippen LogP contribution in [0, 0.1) is 11.8 Å². The highest BCUT2D eigenvalue weighted by Gasteiger charge is 2.34. The van der Waals surface area contributed by atoms with Crippen LogP contribution < -0.4 is 0 Å². The van der Waals surface area contributed by atoms with Crippen LogP contribution in [-0.2, 0) is 9.59 Å². The summed E-state index contributed by atoms with van der Waals surface area (Å²) in [5.41, 5.74) is 0. The molecule has 0 saturated carbocycles. The molecule has 6 nitrogen and oxygen atoms in total. The number of carboxylic acid groups (broad SMARTS) is 2. The van der Waals surface area contributed by atoms with E-state index in [1.165, 1.54) is 0 Å². The highest BCUT2D eigenvalue weighted by Crippen LogP contribution is 2.18.